The summed E-state index contributed by atoms with van der Waals surface area (Å²) in [6.45, 7) is 4.37. The lowest BCUT2D eigenvalue weighted by Gasteiger charge is -2.11. The molecule has 0 aliphatic heterocycles. The SMILES string of the molecule is CC[C@H](C)c1ccc2oc(-c3ccc(NC(=S)NC(=O)c4cccc(Cl)c4Cl)cc3)nc2c1. The molecule has 168 valence electrons. The van der Waals surface area contributed by atoms with Crippen LogP contribution in [0.4, 0.5) is 5.69 Å². The molecular formula is C25H21Cl2N3O2S. The predicted molar refractivity (Wildman–Crippen MR) is 138 cm³/mol. The van der Waals surface area contributed by atoms with Gasteiger partial charge in [0.1, 0.15) is 5.52 Å². The molecule has 1 heterocycles. The van der Waals surface area contributed by atoms with Gasteiger partial charge < -0.3 is 9.73 Å². The Morgan fingerprint density at radius 2 is 1.88 bits per heavy atom. The number of benzene rings is 3. The molecule has 1 aromatic heterocycles. The average Bonchev–Trinajstić information content (AvgIpc) is 3.24. The van der Waals surface area contributed by atoms with E-state index in [0.29, 0.717) is 22.5 Å². The van der Waals surface area contributed by atoms with Crippen molar-refractivity contribution in [3.8, 4) is 11.5 Å². The first-order valence-corrected chi connectivity index (χ1v) is 11.6. The summed E-state index contributed by atoms with van der Waals surface area (Å²) in [6, 6.07) is 18.4. The Morgan fingerprint density at radius 3 is 2.61 bits per heavy atom. The zero-order chi connectivity index (χ0) is 23.5. The molecule has 3 aromatic carbocycles. The molecule has 4 rings (SSSR count). The number of rotatable bonds is 5. The first kappa shape index (κ1) is 23.2. The molecular weight excluding hydrogens is 477 g/mol. The summed E-state index contributed by atoms with van der Waals surface area (Å²) in [6.07, 6.45) is 1.07. The molecule has 8 heteroatoms. The Labute approximate surface area is 207 Å². The molecule has 33 heavy (non-hydrogen) atoms. The van der Waals surface area contributed by atoms with E-state index in [2.05, 4.69) is 41.6 Å². The van der Waals surface area contributed by atoms with Crippen LogP contribution in [0.3, 0.4) is 0 Å². The molecule has 1 atom stereocenters. The Bertz CT molecular complexity index is 1340. The number of nitrogens with one attached hydrogen (secondary N) is 2. The topological polar surface area (TPSA) is 67.2 Å². The molecule has 0 aliphatic rings. The van der Waals surface area contributed by atoms with Crippen molar-refractivity contribution in [2.75, 3.05) is 5.32 Å². The maximum absolute atomic E-state index is 12.4. The molecule has 4 aromatic rings. The highest BCUT2D eigenvalue weighted by atomic mass is 35.5. The van der Waals surface area contributed by atoms with E-state index in [1.165, 1.54) is 5.56 Å². The molecule has 0 spiro atoms. The number of carbonyl (C=O) groups excluding carboxylic acids is 1. The van der Waals surface area contributed by atoms with E-state index in [9.17, 15) is 4.79 Å². The van der Waals surface area contributed by atoms with E-state index in [0.717, 1.165) is 23.1 Å². The van der Waals surface area contributed by atoms with Crippen LogP contribution in [0.2, 0.25) is 10.0 Å². The van der Waals surface area contributed by atoms with Crippen LogP contribution in [0.15, 0.2) is 65.1 Å². The molecule has 0 unspecified atom stereocenters. The lowest BCUT2D eigenvalue weighted by Crippen LogP contribution is -2.34. The lowest BCUT2D eigenvalue weighted by molar-refractivity contribution is 0.0978. The van der Waals surface area contributed by atoms with E-state index in [-0.39, 0.29) is 15.7 Å². The maximum atomic E-state index is 12.4. The van der Waals surface area contributed by atoms with Crippen LogP contribution in [0.5, 0.6) is 0 Å². The number of amides is 1. The first-order valence-electron chi connectivity index (χ1n) is 10.4. The van der Waals surface area contributed by atoms with E-state index < -0.39 is 5.91 Å². The highest BCUT2D eigenvalue weighted by Gasteiger charge is 2.14. The van der Waals surface area contributed by atoms with Crippen molar-refractivity contribution in [3.63, 3.8) is 0 Å². The largest absolute Gasteiger partial charge is 0.436 e. The standard InChI is InChI=1S/C25H21Cl2N3O2S/c1-3-14(2)16-9-12-21-20(13-16)29-24(32-21)15-7-10-17(11-8-15)28-25(33)30-23(31)18-5-4-6-19(26)22(18)27/h4-14H,3H2,1-2H3,(H2,28,30,31,33)/t14-/m0/s1. The number of hydrogen-bond donors (Lipinski definition) is 2. The molecule has 0 bridgehead atoms. The summed E-state index contributed by atoms with van der Waals surface area (Å²) < 4.78 is 5.93. The molecule has 5 nitrogen and oxygen atoms in total. The summed E-state index contributed by atoms with van der Waals surface area (Å²) in [5.74, 6) is 0.573. The molecule has 0 fully saturated rings. The fraction of sp³-hybridized carbons (Fsp3) is 0.160. The monoisotopic (exact) mass is 497 g/mol. The Hall–Kier alpha value is -2.93. The van der Waals surface area contributed by atoms with Crippen molar-refractivity contribution < 1.29 is 9.21 Å². The Morgan fingerprint density at radius 1 is 1.12 bits per heavy atom. The van der Waals surface area contributed by atoms with Crippen molar-refractivity contribution >= 4 is 63.2 Å². The highest BCUT2D eigenvalue weighted by Crippen LogP contribution is 2.29. The highest BCUT2D eigenvalue weighted by molar-refractivity contribution is 7.80. The van der Waals surface area contributed by atoms with E-state index in [1.807, 2.05) is 30.3 Å². The minimum atomic E-state index is -0.445. The van der Waals surface area contributed by atoms with Crippen LogP contribution in [-0.4, -0.2) is 16.0 Å². The van der Waals surface area contributed by atoms with Gasteiger partial charge in [0, 0.05) is 11.3 Å². The third-order valence-corrected chi connectivity index (χ3v) is 6.43. The van der Waals surface area contributed by atoms with Crippen molar-refractivity contribution in [3.05, 3.63) is 81.8 Å². The number of halogens is 2. The van der Waals surface area contributed by atoms with Gasteiger partial charge in [0.2, 0.25) is 5.89 Å². The zero-order valence-corrected chi connectivity index (χ0v) is 20.3. The number of fused-ring (bicyclic) bond motifs is 1. The number of oxazole rings is 1. The minimum Gasteiger partial charge on any atom is -0.436 e. The van der Waals surface area contributed by atoms with Gasteiger partial charge in [0.25, 0.3) is 5.91 Å². The van der Waals surface area contributed by atoms with E-state index >= 15 is 0 Å². The normalized spacial score (nSPS) is 11.9. The summed E-state index contributed by atoms with van der Waals surface area (Å²) in [7, 11) is 0. The fourth-order valence-corrected chi connectivity index (χ4v) is 3.92. The number of thiocarbonyl (C=S) groups is 1. The second-order valence-electron chi connectivity index (χ2n) is 7.64. The fourth-order valence-electron chi connectivity index (χ4n) is 3.32. The van der Waals surface area contributed by atoms with Gasteiger partial charge in [0.15, 0.2) is 10.7 Å². The van der Waals surface area contributed by atoms with Crippen molar-refractivity contribution in [1.29, 1.82) is 0 Å². The van der Waals surface area contributed by atoms with Crippen LogP contribution in [-0.2, 0) is 0 Å². The van der Waals surface area contributed by atoms with Crippen LogP contribution < -0.4 is 10.6 Å². The second-order valence-corrected chi connectivity index (χ2v) is 8.84. The summed E-state index contributed by atoms with van der Waals surface area (Å²) in [4.78, 5) is 17.1. The van der Waals surface area contributed by atoms with Gasteiger partial charge in [-0.05, 0) is 78.7 Å². The molecule has 0 radical (unpaired) electrons. The Balaban J connectivity index is 1.44. The smallest absolute Gasteiger partial charge is 0.258 e. The number of hydrogen-bond acceptors (Lipinski definition) is 4. The van der Waals surface area contributed by atoms with E-state index in [4.69, 9.17) is 39.8 Å². The molecule has 2 N–H and O–H groups in total. The van der Waals surface area contributed by atoms with Crippen LogP contribution in [0, 0.1) is 0 Å². The van der Waals surface area contributed by atoms with Gasteiger partial charge in [-0.2, -0.15) is 0 Å². The van der Waals surface area contributed by atoms with Gasteiger partial charge in [-0.1, -0.05) is 49.2 Å². The molecule has 0 saturated carbocycles. The summed E-state index contributed by atoms with van der Waals surface area (Å²) in [5, 5.41) is 6.21. The lowest BCUT2D eigenvalue weighted by atomic mass is 9.98. The minimum absolute atomic E-state index is 0.142. The third-order valence-electron chi connectivity index (χ3n) is 5.41. The van der Waals surface area contributed by atoms with Crippen molar-refractivity contribution in [2.45, 2.75) is 26.2 Å². The van der Waals surface area contributed by atoms with Crippen molar-refractivity contribution in [1.82, 2.24) is 10.3 Å². The van der Waals surface area contributed by atoms with Crippen LogP contribution in [0.25, 0.3) is 22.6 Å². The summed E-state index contributed by atoms with van der Waals surface area (Å²) >= 11 is 17.3. The molecule has 0 aliphatic carbocycles. The van der Waals surface area contributed by atoms with Gasteiger partial charge >= 0.3 is 0 Å². The summed E-state index contributed by atoms with van der Waals surface area (Å²) in [5.41, 5.74) is 4.63. The maximum Gasteiger partial charge on any atom is 0.258 e. The molecule has 0 saturated heterocycles. The zero-order valence-electron chi connectivity index (χ0n) is 18.0. The van der Waals surface area contributed by atoms with Crippen LogP contribution in [0.1, 0.15) is 42.1 Å². The van der Waals surface area contributed by atoms with Gasteiger partial charge in [-0.25, -0.2) is 4.98 Å². The van der Waals surface area contributed by atoms with Crippen molar-refractivity contribution in [2.24, 2.45) is 0 Å². The second kappa shape index (κ2) is 9.91. The number of carbonyl (C=O) groups is 1. The van der Waals surface area contributed by atoms with Gasteiger partial charge in [-0.3, -0.25) is 10.1 Å². The van der Waals surface area contributed by atoms with Gasteiger partial charge in [0.05, 0.1) is 15.6 Å². The third kappa shape index (κ3) is 5.19. The van der Waals surface area contributed by atoms with Gasteiger partial charge in [-0.15, -0.1) is 0 Å². The number of aromatic nitrogens is 1. The first-order chi connectivity index (χ1) is 15.9. The average molecular weight is 498 g/mol. The van der Waals surface area contributed by atoms with Crippen LogP contribution >= 0.6 is 35.4 Å². The predicted octanol–water partition coefficient (Wildman–Crippen LogP) is 7.44. The number of anilines is 1. The molecule has 1 amide bonds. The number of nitrogens with zero attached hydrogens (tertiary/aromatic N) is 1. The van der Waals surface area contributed by atoms with E-state index in [1.54, 1.807) is 18.2 Å². The quantitative estimate of drug-likeness (QED) is 0.280. The Kier molecular flexibility index (Phi) is 6.98.